The predicted octanol–water partition coefficient (Wildman–Crippen LogP) is 3.26. The zero-order valence-corrected chi connectivity index (χ0v) is 13.1. The Labute approximate surface area is 134 Å². The van der Waals surface area contributed by atoms with Crippen molar-refractivity contribution in [3.8, 4) is 11.5 Å². The van der Waals surface area contributed by atoms with Gasteiger partial charge in [-0.05, 0) is 55.8 Å². The molecule has 2 aromatic rings. The number of hydrogen-bond acceptors (Lipinski definition) is 3. The molecule has 0 bridgehead atoms. The van der Waals surface area contributed by atoms with E-state index in [1.165, 1.54) is 24.3 Å². The second-order valence-corrected chi connectivity index (χ2v) is 5.94. The van der Waals surface area contributed by atoms with Gasteiger partial charge in [0.25, 0.3) is 5.91 Å². The number of fused-ring (bicyclic) bond motifs is 1. The van der Waals surface area contributed by atoms with Gasteiger partial charge in [0, 0.05) is 5.56 Å². The molecule has 120 valence electrons. The zero-order valence-electron chi connectivity index (χ0n) is 13.1. The topological polar surface area (TPSA) is 47.6 Å². The Kier molecular flexibility index (Phi) is 3.94. The molecular weight excluding hydrogens is 297 g/mol. The molecule has 0 atom stereocenters. The fourth-order valence-electron chi connectivity index (χ4n) is 2.46. The fourth-order valence-corrected chi connectivity index (χ4v) is 2.46. The number of nitrogens with one attached hydrogen (secondary N) is 1. The second kappa shape index (κ2) is 5.91. The van der Waals surface area contributed by atoms with Crippen LogP contribution < -0.4 is 14.8 Å². The van der Waals surface area contributed by atoms with E-state index in [-0.39, 0.29) is 11.7 Å². The Bertz CT molecular complexity index is 726. The van der Waals surface area contributed by atoms with Gasteiger partial charge in [-0.15, -0.1) is 0 Å². The summed E-state index contributed by atoms with van der Waals surface area (Å²) < 4.78 is 24.0. The minimum absolute atomic E-state index is 0.259. The first-order valence-corrected chi connectivity index (χ1v) is 7.44. The van der Waals surface area contributed by atoms with Gasteiger partial charge in [-0.25, -0.2) is 4.39 Å². The van der Waals surface area contributed by atoms with Gasteiger partial charge in [-0.3, -0.25) is 4.79 Å². The van der Waals surface area contributed by atoms with Crippen LogP contribution in [0.3, 0.4) is 0 Å². The van der Waals surface area contributed by atoms with Crippen LogP contribution in [-0.4, -0.2) is 19.1 Å². The van der Waals surface area contributed by atoms with Crippen molar-refractivity contribution in [2.75, 3.05) is 13.2 Å². The van der Waals surface area contributed by atoms with Crippen molar-refractivity contribution >= 4 is 5.91 Å². The maximum Gasteiger partial charge on any atom is 0.251 e. The minimum atomic E-state index is -0.610. The summed E-state index contributed by atoms with van der Waals surface area (Å²) in [6.07, 6.45) is 0. The molecule has 1 N–H and O–H groups in total. The lowest BCUT2D eigenvalue weighted by Gasteiger charge is -2.28. The molecule has 1 heterocycles. The minimum Gasteiger partial charge on any atom is -0.486 e. The van der Waals surface area contributed by atoms with Gasteiger partial charge in [-0.1, -0.05) is 6.07 Å². The van der Waals surface area contributed by atoms with Crippen molar-refractivity contribution in [1.82, 2.24) is 5.32 Å². The van der Waals surface area contributed by atoms with Crippen molar-refractivity contribution in [3.63, 3.8) is 0 Å². The van der Waals surface area contributed by atoms with Gasteiger partial charge < -0.3 is 14.8 Å². The van der Waals surface area contributed by atoms with Gasteiger partial charge in [0.1, 0.15) is 19.0 Å². The van der Waals surface area contributed by atoms with E-state index in [2.05, 4.69) is 5.32 Å². The first-order valence-electron chi connectivity index (χ1n) is 7.44. The van der Waals surface area contributed by atoms with Crippen LogP contribution in [-0.2, 0) is 5.54 Å². The molecule has 3 rings (SSSR count). The maximum atomic E-state index is 13.0. The summed E-state index contributed by atoms with van der Waals surface area (Å²) in [7, 11) is 0. The number of carbonyl (C=O) groups excluding carboxylic acids is 1. The average molecular weight is 315 g/mol. The number of benzene rings is 2. The standard InChI is InChI=1S/C18H18FNO3/c1-18(2,20-17(21)12-3-6-14(19)7-4-12)13-5-8-15-16(11-13)23-10-9-22-15/h3-8,11H,9-10H2,1-2H3,(H,20,21). The highest BCUT2D eigenvalue weighted by Crippen LogP contribution is 2.34. The van der Waals surface area contributed by atoms with Gasteiger partial charge in [0.05, 0.1) is 5.54 Å². The maximum absolute atomic E-state index is 13.0. The van der Waals surface area contributed by atoms with Crippen LogP contribution in [0, 0.1) is 5.82 Å². The molecule has 1 aliphatic heterocycles. The first kappa shape index (κ1) is 15.3. The molecular formula is C18H18FNO3. The molecule has 0 spiro atoms. The quantitative estimate of drug-likeness (QED) is 0.946. The Morgan fingerprint density at radius 1 is 1.04 bits per heavy atom. The molecule has 4 nitrogen and oxygen atoms in total. The molecule has 5 heteroatoms. The molecule has 2 aromatic carbocycles. The van der Waals surface area contributed by atoms with E-state index >= 15 is 0 Å². The molecule has 0 fully saturated rings. The van der Waals surface area contributed by atoms with E-state index < -0.39 is 5.54 Å². The molecule has 1 aliphatic rings. The summed E-state index contributed by atoms with van der Waals surface area (Å²) in [6, 6.07) is 11.1. The summed E-state index contributed by atoms with van der Waals surface area (Å²) >= 11 is 0. The summed E-state index contributed by atoms with van der Waals surface area (Å²) in [6.45, 7) is 4.86. The number of rotatable bonds is 3. The van der Waals surface area contributed by atoms with Crippen LogP contribution in [0.25, 0.3) is 0 Å². The number of halogens is 1. The van der Waals surface area contributed by atoms with Crippen molar-refractivity contribution in [2.24, 2.45) is 0 Å². The molecule has 0 aromatic heterocycles. The molecule has 1 amide bonds. The van der Waals surface area contributed by atoms with Crippen LogP contribution in [0.1, 0.15) is 29.8 Å². The smallest absolute Gasteiger partial charge is 0.251 e. The van der Waals surface area contributed by atoms with Crippen LogP contribution in [0.4, 0.5) is 4.39 Å². The van der Waals surface area contributed by atoms with E-state index in [9.17, 15) is 9.18 Å². The number of amides is 1. The average Bonchev–Trinajstić information content (AvgIpc) is 2.54. The van der Waals surface area contributed by atoms with Gasteiger partial charge in [-0.2, -0.15) is 0 Å². The Hall–Kier alpha value is -2.56. The van der Waals surface area contributed by atoms with Crippen LogP contribution in [0.5, 0.6) is 11.5 Å². The SMILES string of the molecule is CC(C)(NC(=O)c1ccc(F)cc1)c1ccc2c(c1)OCCO2. The predicted molar refractivity (Wildman–Crippen MR) is 84.3 cm³/mol. The number of ether oxygens (including phenoxy) is 2. The van der Waals surface area contributed by atoms with Gasteiger partial charge in [0.2, 0.25) is 0 Å². The van der Waals surface area contributed by atoms with E-state index in [1.807, 2.05) is 32.0 Å². The van der Waals surface area contributed by atoms with E-state index in [4.69, 9.17) is 9.47 Å². The van der Waals surface area contributed by atoms with Crippen molar-refractivity contribution < 1.29 is 18.7 Å². The lowest BCUT2D eigenvalue weighted by Crippen LogP contribution is -2.41. The normalized spacial score (nSPS) is 13.5. The molecule has 0 aliphatic carbocycles. The lowest BCUT2D eigenvalue weighted by molar-refractivity contribution is 0.0911. The van der Waals surface area contributed by atoms with E-state index in [0.29, 0.717) is 30.3 Å². The van der Waals surface area contributed by atoms with Crippen molar-refractivity contribution in [2.45, 2.75) is 19.4 Å². The second-order valence-electron chi connectivity index (χ2n) is 5.94. The molecule has 23 heavy (non-hydrogen) atoms. The summed E-state index contributed by atoms with van der Waals surface area (Å²) in [5.74, 6) is 0.760. The van der Waals surface area contributed by atoms with E-state index in [0.717, 1.165) is 5.56 Å². The number of hydrogen-bond donors (Lipinski definition) is 1. The van der Waals surface area contributed by atoms with Crippen LogP contribution in [0.15, 0.2) is 42.5 Å². The highest BCUT2D eigenvalue weighted by molar-refractivity contribution is 5.94. The fraction of sp³-hybridized carbons (Fsp3) is 0.278. The summed E-state index contributed by atoms with van der Waals surface area (Å²) in [5.41, 5.74) is 0.704. The Balaban J connectivity index is 1.80. The van der Waals surface area contributed by atoms with E-state index in [1.54, 1.807) is 0 Å². The lowest BCUT2D eigenvalue weighted by atomic mass is 9.93. The largest absolute Gasteiger partial charge is 0.486 e. The summed E-state index contributed by atoms with van der Waals surface area (Å²) in [5, 5.41) is 2.96. The number of carbonyl (C=O) groups is 1. The van der Waals surface area contributed by atoms with Crippen molar-refractivity contribution in [1.29, 1.82) is 0 Å². The highest BCUT2D eigenvalue weighted by atomic mass is 19.1. The van der Waals surface area contributed by atoms with Crippen LogP contribution >= 0.6 is 0 Å². The summed E-state index contributed by atoms with van der Waals surface area (Å²) in [4.78, 5) is 12.3. The molecule has 0 saturated heterocycles. The van der Waals surface area contributed by atoms with Crippen molar-refractivity contribution in [3.05, 3.63) is 59.4 Å². The third kappa shape index (κ3) is 3.28. The van der Waals surface area contributed by atoms with Gasteiger partial charge >= 0.3 is 0 Å². The molecule has 0 saturated carbocycles. The first-order chi connectivity index (χ1) is 11.0. The highest BCUT2D eigenvalue weighted by Gasteiger charge is 2.25. The molecule has 0 unspecified atom stereocenters. The Morgan fingerprint density at radius 2 is 1.70 bits per heavy atom. The van der Waals surface area contributed by atoms with Gasteiger partial charge in [0.15, 0.2) is 11.5 Å². The third-order valence-corrected chi connectivity index (χ3v) is 3.80. The van der Waals surface area contributed by atoms with Crippen LogP contribution in [0.2, 0.25) is 0 Å². The molecule has 0 radical (unpaired) electrons. The zero-order chi connectivity index (χ0) is 16.4. The Morgan fingerprint density at radius 3 is 2.39 bits per heavy atom. The third-order valence-electron chi connectivity index (χ3n) is 3.80. The monoisotopic (exact) mass is 315 g/mol.